The van der Waals surface area contributed by atoms with Gasteiger partial charge in [0.25, 0.3) is 0 Å². The van der Waals surface area contributed by atoms with Crippen LogP contribution in [-0.4, -0.2) is 15.9 Å². The Morgan fingerprint density at radius 1 is 1.32 bits per heavy atom. The molecule has 0 amide bonds. The molecule has 4 nitrogen and oxygen atoms in total. The third-order valence-electron chi connectivity index (χ3n) is 3.20. The van der Waals surface area contributed by atoms with Crippen LogP contribution in [0.4, 0.5) is 0 Å². The van der Waals surface area contributed by atoms with Gasteiger partial charge in [0, 0.05) is 11.3 Å². The number of hydrogen-bond donors (Lipinski definition) is 0. The van der Waals surface area contributed by atoms with Crippen LogP contribution in [0.2, 0.25) is 0 Å². The molecular formula is C14H14N2O2S. The van der Waals surface area contributed by atoms with Crippen molar-refractivity contribution in [2.24, 2.45) is 0 Å². The number of ketones is 1. The zero-order valence-corrected chi connectivity index (χ0v) is 11.2. The lowest BCUT2D eigenvalue weighted by Gasteiger charge is -1.98. The van der Waals surface area contributed by atoms with Crippen molar-refractivity contribution in [3.05, 3.63) is 42.0 Å². The van der Waals surface area contributed by atoms with Gasteiger partial charge in [0.05, 0.1) is 11.7 Å². The third kappa shape index (κ3) is 2.87. The first kappa shape index (κ1) is 12.4. The maximum absolute atomic E-state index is 11.6. The van der Waals surface area contributed by atoms with Crippen LogP contribution >= 0.6 is 11.8 Å². The molecule has 1 unspecified atom stereocenters. The Kier molecular flexibility index (Phi) is 3.64. The summed E-state index contributed by atoms with van der Waals surface area (Å²) in [5.41, 5.74) is 0. The van der Waals surface area contributed by atoms with Gasteiger partial charge >= 0.3 is 0 Å². The van der Waals surface area contributed by atoms with E-state index in [2.05, 4.69) is 10.1 Å². The molecule has 0 N–H and O–H groups in total. The Morgan fingerprint density at radius 2 is 2.16 bits per heavy atom. The predicted molar refractivity (Wildman–Crippen MR) is 71.9 cm³/mol. The molecule has 1 heterocycles. The average molecular weight is 274 g/mol. The number of thioether (sulfide) groups is 1. The molecule has 1 aliphatic carbocycles. The molecule has 19 heavy (non-hydrogen) atoms. The van der Waals surface area contributed by atoms with Gasteiger partial charge in [-0.3, -0.25) is 4.79 Å². The normalized spacial score (nSPS) is 18.9. The second-order valence-electron chi connectivity index (χ2n) is 4.56. The molecule has 0 saturated heterocycles. The highest BCUT2D eigenvalue weighted by atomic mass is 32.2. The van der Waals surface area contributed by atoms with E-state index >= 15 is 0 Å². The molecule has 0 bridgehead atoms. The Morgan fingerprint density at radius 3 is 2.89 bits per heavy atom. The second-order valence-corrected chi connectivity index (χ2v) is 5.61. The summed E-state index contributed by atoms with van der Waals surface area (Å²) >= 11 is 1.66. The molecule has 98 valence electrons. The molecule has 1 aromatic carbocycles. The van der Waals surface area contributed by atoms with E-state index in [9.17, 15) is 4.79 Å². The minimum atomic E-state index is -0.164. The van der Waals surface area contributed by atoms with Crippen molar-refractivity contribution in [2.75, 3.05) is 0 Å². The minimum Gasteiger partial charge on any atom is -0.339 e. The quantitative estimate of drug-likeness (QED) is 0.801. The maximum atomic E-state index is 11.6. The highest BCUT2D eigenvalue weighted by Gasteiger charge is 2.30. The SMILES string of the molecule is O=C1CCCC1c1nc(CSc2ccccc2)no1. The Hall–Kier alpha value is -1.62. The van der Waals surface area contributed by atoms with Crippen LogP contribution in [0.25, 0.3) is 0 Å². The molecule has 1 atom stereocenters. The van der Waals surface area contributed by atoms with E-state index in [1.807, 2.05) is 30.3 Å². The summed E-state index contributed by atoms with van der Waals surface area (Å²) in [6.45, 7) is 0. The number of rotatable bonds is 4. The van der Waals surface area contributed by atoms with Gasteiger partial charge in [0.2, 0.25) is 5.89 Å². The summed E-state index contributed by atoms with van der Waals surface area (Å²) in [4.78, 5) is 17.1. The molecule has 0 radical (unpaired) electrons. The van der Waals surface area contributed by atoms with E-state index in [0.717, 1.165) is 12.8 Å². The summed E-state index contributed by atoms with van der Waals surface area (Å²) in [6, 6.07) is 10.1. The van der Waals surface area contributed by atoms with Crippen molar-refractivity contribution in [1.29, 1.82) is 0 Å². The Labute approximate surface area is 115 Å². The first-order valence-electron chi connectivity index (χ1n) is 6.36. The average Bonchev–Trinajstić information content (AvgIpc) is 3.06. The van der Waals surface area contributed by atoms with E-state index in [1.54, 1.807) is 11.8 Å². The fourth-order valence-corrected chi connectivity index (χ4v) is 2.97. The molecule has 1 aliphatic rings. The summed E-state index contributed by atoms with van der Waals surface area (Å²) in [5, 5.41) is 3.95. The lowest BCUT2D eigenvalue weighted by Crippen LogP contribution is -2.04. The van der Waals surface area contributed by atoms with Gasteiger partial charge in [-0.1, -0.05) is 23.4 Å². The molecule has 1 fully saturated rings. The highest BCUT2D eigenvalue weighted by molar-refractivity contribution is 7.98. The van der Waals surface area contributed by atoms with Crippen molar-refractivity contribution < 1.29 is 9.32 Å². The van der Waals surface area contributed by atoms with Gasteiger partial charge in [0.1, 0.15) is 5.78 Å². The van der Waals surface area contributed by atoms with Gasteiger partial charge in [-0.05, 0) is 25.0 Å². The van der Waals surface area contributed by atoms with Crippen molar-refractivity contribution in [3.63, 3.8) is 0 Å². The highest BCUT2D eigenvalue weighted by Crippen LogP contribution is 2.30. The van der Waals surface area contributed by atoms with E-state index < -0.39 is 0 Å². The number of hydrogen-bond acceptors (Lipinski definition) is 5. The monoisotopic (exact) mass is 274 g/mol. The Balaban J connectivity index is 1.64. The summed E-state index contributed by atoms with van der Waals surface area (Å²) in [7, 11) is 0. The number of benzene rings is 1. The van der Waals surface area contributed by atoms with Gasteiger partial charge in [-0.15, -0.1) is 11.8 Å². The number of nitrogens with zero attached hydrogens (tertiary/aromatic N) is 2. The van der Waals surface area contributed by atoms with Crippen LogP contribution in [0.15, 0.2) is 39.8 Å². The van der Waals surface area contributed by atoms with Crippen molar-refractivity contribution >= 4 is 17.5 Å². The zero-order valence-electron chi connectivity index (χ0n) is 10.4. The van der Waals surface area contributed by atoms with Crippen LogP contribution < -0.4 is 0 Å². The zero-order chi connectivity index (χ0) is 13.1. The van der Waals surface area contributed by atoms with Crippen molar-refractivity contribution in [1.82, 2.24) is 10.1 Å². The molecule has 1 saturated carbocycles. The smallest absolute Gasteiger partial charge is 0.237 e. The maximum Gasteiger partial charge on any atom is 0.237 e. The molecule has 0 aliphatic heterocycles. The fraction of sp³-hybridized carbons (Fsp3) is 0.357. The standard InChI is InChI=1S/C14H14N2O2S/c17-12-8-4-7-11(12)14-15-13(16-18-14)9-19-10-5-2-1-3-6-10/h1-3,5-6,11H,4,7-9H2. The third-order valence-corrected chi connectivity index (χ3v) is 4.21. The topological polar surface area (TPSA) is 56.0 Å². The van der Waals surface area contributed by atoms with Gasteiger partial charge in [0.15, 0.2) is 5.82 Å². The van der Waals surface area contributed by atoms with E-state index in [-0.39, 0.29) is 11.7 Å². The van der Waals surface area contributed by atoms with Crippen LogP contribution in [0.1, 0.15) is 36.9 Å². The van der Waals surface area contributed by atoms with Crippen LogP contribution in [0.5, 0.6) is 0 Å². The number of aromatic nitrogens is 2. The summed E-state index contributed by atoms with van der Waals surface area (Å²) < 4.78 is 5.21. The first-order chi connectivity index (χ1) is 9.33. The van der Waals surface area contributed by atoms with Gasteiger partial charge in [-0.2, -0.15) is 4.98 Å². The van der Waals surface area contributed by atoms with Gasteiger partial charge < -0.3 is 4.52 Å². The van der Waals surface area contributed by atoms with E-state index in [4.69, 9.17) is 4.52 Å². The summed E-state index contributed by atoms with van der Waals surface area (Å²) in [6.07, 6.45) is 2.41. The fourth-order valence-electron chi connectivity index (χ4n) is 2.21. The second kappa shape index (κ2) is 5.57. The van der Waals surface area contributed by atoms with Crippen LogP contribution in [-0.2, 0) is 10.5 Å². The summed E-state index contributed by atoms with van der Waals surface area (Å²) in [5.74, 6) is 1.87. The van der Waals surface area contributed by atoms with E-state index in [0.29, 0.717) is 23.9 Å². The number of carbonyl (C=O) groups excluding carboxylic acids is 1. The van der Waals surface area contributed by atoms with Gasteiger partial charge in [-0.25, -0.2) is 0 Å². The molecule has 5 heteroatoms. The largest absolute Gasteiger partial charge is 0.339 e. The van der Waals surface area contributed by atoms with Crippen molar-refractivity contribution in [3.8, 4) is 0 Å². The first-order valence-corrected chi connectivity index (χ1v) is 7.34. The lowest BCUT2D eigenvalue weighted by atomic mass is 10.1. The molecule has 3 rings (SSSR count). The Bertz CT molecular complexity index is 568. The molecule has 2 aromatic rings. The number of carbonyl (C=O) groups is 1. The predicted octanol–water partition coefficient (Wildman–Crippen LogP) is 3.20. The molecule has 0 spiro atoms. The van der Waals surface area contributed by atoms with Crippen molar-refractivity contribution in [2.45, 2.75) is 35.8 Å². The van der Waals surface area contributed by atoms with Crippen LogP contribution in [0.3, 0.4) is 0 Å². The number of Topliss-reactive ketones (excluding diaryl/α,β-unsaturated/α-hetero) is 1. The minimum absolute atomic E-state index is 0.164. The lowest BCUT2D eigenvalue weighted by molar-refractivity contribution is -0.119. The van der Waals surface area contributed by atoms with E-state index in [1.165, 1.54) is 4.90 Å². The van der Waals surface area contributed by atoms with Crippen LogP contribution in [0, 0.1) is 0 Å². The molecular weight excluding hydrogens is 260 g/mol. The molecule has 1 aromatic heterocycles.